The third kappa shape index (κ3) is 2.62. The summed E-state index contributed by atoms with van der Waals surface area (Å²) in [6.45, 7) is 6.00. The van der Waals surface area contributed by atoms with Gasteiger partial charge in [-0.15, -0.1) is 0 Å². The van der Waals surface area contributed by atoms with Crippen molar-refractivity contribution in [3.8, 4) is 0 Å². The second kappa shape index (κ2) is 4.01. The van der Waals surface area contributed by atoms with Crippen LogP contribution in [0.1, 0.15) is 20.8 Å². The molecule has 0 fully saturated rings. The molecule has 11 heavy (non-hydrogen) atoms. The molecule has 0 saturated carbocycles. The highest BCUT2D eigenvalue weighted by Gasteiger charge is 2.04. The lowest BCUT2D eigenvalue weighted by atomic mass is 10.2. The molecule has 3 heteroatoms. The van der Waals surface area contributed by atoms with Crippen molar-refractivity contribution < 1.29 is 0 Å². The quantitative estimate of drug-likeness (QED) is 0.369. The normalized spacial score (nSPS) is 11.2. The molecule has 0 aromatic carbocycles. The van der Waals surface area contributed by atoms with Crippen LogP contribution in [-0.4, -0.2) is 24.7 Å². The van der Waals surface area contributed by atoms with Crippen LogP contribution in [0.3, 0.4) is 0 Å². The van der Waals surface area contributed by atoms with Crippen LogP contribution in [0.5, 0.6) is 0 Å². The summed E-state index contributed by atoms with van der Waals surface area (Å²) < 4.78 is 0. The van der Waals surface area contributed by atoms with Gasteiger partial charge in [-0.1, -0.05) is 5.57 Å². The van der Waals surface area contributed by atoms with Gasteiger partial charge in [0.1, 0.15) is 0 Å². The van der Waals surface area contributed by atoms with Crippen LogP contribution in [0.25, 0.3) is 0 Å². The van der Waals surface area contributed by atoms with Crippen LogP contribution in [0.4, 0.5) is 0 Å². The molecule has 0 heterocycles. The summed E-state index contributed by atoms with van der Waals surface area (Å²) in [7, 11) is 3.97. The molecule has 0 spiro atoms. The van der Waals surface area contributed by atoms with Crippen LogP contribution >= 0.6 is 0 Å². The van der Waals surface area contributed by atoms with E-state index < -0.39 is 0 Å². The molecular formula is C8H17N3. The van der Waals surface area contributed by atoms with Gasteiger partial charge in [0.2, 0.25) is 0 Å². The molecule has 0 aromatic heterocycles. The molecule has 0 saturated heterocycles. The Hall–Kier alpha value is -0.990. The van der Waals surface area contributed by atoms with Gasteiger partial charge in [0.05, 0.1) is 11.4 Å². The summed E-state index contributed by atoms with van der Waals surface area (Å²) in [6, 6.07) is 0. The van der Waals surface area contributed by atoms with E-state index in [0.29, 0.717) is 0 Å². The summed E-state index contributed by atoms with van der Waals surface area (Å²) in [5.41, 5.74) is 3.20. The standard InChI is InChI=1S/C8H17N3/c1-6(2)8(11(4)5)7(3)10-9/h9H2,1-5H3/b10-7+. The van der Waals surface area contributed by atoms with Crippen molar-refractivity contribution in [2.24, 2.45) is 10.9 Å². The zero-order valence-corrected chi connectivity index (χ0v) is 7.97. The van der Waals surface area contributed by atoms with E-state index in [-0.39, 0.29) is 0 Å². The number of hydrogen-bond acceptors (Lipinski definition) is 3. The van der Waals surface area contributed by atoms with Gasteiger partial charge in [-0.3, -0.25) is 0 Å². The Bertz CT molecular complexity index is 186. The zero-order valence-electron chi connectivity index (χ0n) is 7.97. The fourth-order valence-electron chi connectivity index (χ4n) is 1.19. The Morgan fingerprint density at radius 2 is 1.64 bits per heavy atom. The Kier molecular flexibility index (Phi) is 3.65. The molecule has 3 nitrogen and oxygen atoms in total. The number of nitrogens with two attached hydrogens (primary N) is 1. The molecule has 0 atom stereocenters. The average Bonchev–Trinajstić information content (AvgIpc) is 1.85. The number of hydrogen-bond donors (Lipinski definition) is 1. The summed E-state index contributed by atoms with van der Waals surface area (Å²) in [5.74, 6) is 5.18. The smallest absolute Gasteiger partial charge is 0.0801 e. The maximum Gasteiger partial charge on any atom is 0.0801 e. The SMILES string of the molecule is CC(C)=C(/C(C)=N/N)N(C)C. The maximum atomic E-state index is 5.18. The highest BCUT2D eigenvalue weighted by atomic mass is 15.2. The summed E-state index contributed by atoms with van der Waals surface area (Å²) in [6.07, 6.45) is 0. The summed E-state index contributed by atoms with van der Waals surface area (Å²) in [5, 5.41) is 3.65. The predicted molar refractivity (Wildman–Crippen MR) is 49.4 cm³/mol. The molecular weight excluding hydrogens is 138 g/mol. The molecule has 2 N–H and O–H groups in total. The van der Waals surface area contributed by atoms with Gasteiger partial charge in [-0.25, -0.2) is 0 Å². The molecule has 0 amide bonds. The Morgan fingerprint density at radius 3 is 1.73 bits per heavy atom. The first kappa shape index (κ1) is 10.0. The minimum absolute atomic E-state index is 0.870. The number of nitrogens with zero attached hydrogens (tertiary/aromatic N) is 2. The van der Waals surface area contributed by atoms with Crippen molar-refractivity contribution in [1.82, 2.24) is 4.90 Å². The van der Waals surface area contributed by atoms with Gasteiger partial charge >= 0.3 is 0 Å². The van der Waals surface area contributed by atoms with E-state index in [4.69, 9.17) is 5.84 Å². The second-order valence-corrected chi connectivity index (χ2v) is 2.96. The lowest BCUT2D eigenvalue weighted by molar-refractivity contribution is 0.532. The van der Waals surface area contributed by atoms with Crippen LogP contribution in [0.2, 0.25) is 0 Å². The van der Waals surface area contributed by atoms with E-state index in [1.165, 1.54) is 5.57 Å². The number of allylic oxidation sites excluding steroid dienone is 2. The number of hydrazone groups is 1. The van der Waals surface area contributed by atoms with E-state index in [1.54, 1.807) is 0 Å². The summed E-state index contributed by atoms with van der Waals surface area (Å²) >= 11 is 0. The first-order chi connectivity index (χ1) is 5.00. The zero-order chi connectivity index (χ0) is 9.02. The fraction of sp³-hybridized carbons (Fsp3) is 0.625. The molecule has 0 aliphatic carbocycles. The molecule has 0 aliphatic heterocycles. The van der Waals surface area contributed by atoms with Crippen molar-refractivity contribution in [1.29, 1.82) is 0 Å². The van der Waals surface area contributed by atoms with Crippen LogP contribution in [-0.2, 0) is 0 Å². The third-order valence-electron chi connectivity index (χ3n) is 1.46. The van der Waals surface area contributed by atoms with E-state index >= 15 is 0 Å². The van der Waals surface area contributed by atoms with Crippen LogP contribution in [0.15, 0.2) is 16.4 Å². The van der Waals surface area contributed by atoms with Crippen LogP contribution in [0, 0.1) is 0 Å². The lowest BCUT2D eigenvalue weighted by Crippen LogP contribution is -2.19. The van der Waals surface area contributed by atoms with Gasteiger partial charge in [0.25, 0.3) is 0 Å². The topological polar surface area (TPSA) is 41.6 Å². The third-order valence-corrected chi connectivity index (χ3v) is 1.46. The maximum absolute atomic E-state index is 5.18. The fourth-order valence-corrected chi connectivity index (χ4v) is 1.19. The monoisotopic (exact) mass is 155 g/mol. The van der Waals surface area contributed by atoms with Gasteiger partial charge in [0, 0.05) is 14.1 Å². The van der Waals surface area contributed by atoms with E-state index in [2.05, 4.69) is 5.10 Å². The van der Waals surface area contributed by atoms with E-state index in [9.17, 15) is 0 Å². The van der Waals surface area contributed by atoms with Gasteiger partial charge < -0.3 is 10.7 Å². The van der Waals surface area contributed by atoms with Crippen molar-refractivity contribution in [3.05, 3.63) is 11.3 Å². The van der Waals surface area contributed by atoms with E-state index in [1.807, 2.05) is 39.8 Å². The van der Waals surface area contributed by atoms with E-state index in [0.717, 1.165) is 11.4 Å². The first-order valence-corrected chi connectivity index (χ1v) is 3.60. The lowest BCUT2D eigenvalue weighted by Gasteiger charge is -2.18. The minimum atomic E-state index is 0.870. The Labute approximate surface area is 68.6 Å². The predicted octanol–water partition coefficient (Wildman–Crippen LogP) is 1.18. The number of rotatable bonds is 2. The molecule has 64 valence electrons. The van der Waals surface area contributed by atoms with Gasteiger partial charge in [0.15, 0.2) is 0 Å². The van der Waals surface area contributed by atoms with Crippen molar-refractivity contribution in [3.63, 3.8) is 0 Å². The minimum Gasteiger partial charge on any atom is -0.376 e. The largest absolute Gasteiger partial charge is 0.376 e. The molecule has 0 radical (unpaired) electrons. The van der Waals surface area contributed by atoms with Crippen molar-refractivity contribution in [2.45, 2.75) is 20.8 Å². The van der Waals surface area contributed by atoms with Crippen molar-refractivity contribution >= 4 is 5.71 Å². The molecule has 0 rings (SSSR count). The molecule has 0 bridgehead atoms. The Balaban J connectivity index is 4.79. The molecule has 0 unspecified atom stereocenters. The molecule has 0 aliphatic rings. The first-order valence-electron chi connectivity index (χ1n) is 3.60. The Morgan fingerprint density at radius 1 is 1.18 bits per heavy atom. The van der Waals surface area contributed by atoms with Crippen LogP contribution < -0.4 is 5.84 Å². The average molecular weight is 155 g/mol. The second-order valence-electron chi connectivity index (χ2n) is 2.96. The highest BCUT2D eigenvalue weighted by Crippen LogP contribution is 2.07. The van der Waals surface area contributed by atoms with Gasteiger partial charge in [-0.2, -0.15) is 5.10 Å². The van der Waals surface area contributed by atoms with Gasteiger partial charge in [-0.05, 0) is 20.8 Å². The molecule has 0 aromatic rings. The van der Waals surface area contributed by atoms with Crippen molar-refractivity contribution in [2.75, 3.05) is 14.1 Å². The summed E-state index contributed by atoms with van der Waals surface area (Å²) in [4.78, 5) is 2.01. The highest BCUT2D eigenvalue weighted by molar-refractivity contribution is 5.97.